The summed E-state index contributed by atoms with van der Waals surface area (Å²) in [5, 5.41) is 0. The number of thiol groups is 1. The Morgan fingerprint density at radius 2 is 1.83 bits per heavy atom. The fourth-order valence-corrected chi connectivity index (χ4v) is 3.06. The molecule has 0 amide bonds. The zero-order valence-corrected chi connectivity index (χ0v) is 15.8. The largest absolute Gasteiger partial charge is 0.461 e. The standard InChI is InChI=1S/C18H23NO4S/c1-7-22-17(21)14-15(24)12(16(20)23-18(4,5)6)13-11(3)8-10(2)9-19(13)14/h8-9,24H,7H2,1-6H3. The van der Waals surface area contributed by atoms with Gasteiger partial charge in [0.05, 0.1) is 22.6 Å². The number of aromatic nitrogens is 1. The number of nitrogens with zero attached hydrogens (tertiary/aromatic N) is 1. The summed E-state index contributed by atoms with van der Waals surface area (Å²) in [6, 6.07) is 1.95. The Labute approximate surface area is 147 Å². The van der Waals surface area contributed by atoms with Gasteiger partial charge in [-0.05, 0) is 52.7 Å². The van der Waals surface area contributed by atoms with Gasteiger partial charge in [-0.25, -0.2) is 9.59 Å². The lowest BCUT2D eigenvalue weighted by molar-refractivity contribution is 0.00683. The smallest absolute Gasteiger partial charge is 0.356 e. The van der Waals surface area contributed by atoms with Crippen LogP contribution in [0.15, 0.2) is 17.2 Å². The molecule has 2 heterocycles. The lowest BCUT2D eigenvalue weighted by Crippen LogP contribution is -2.24. The number of fused-ring (bicyclic) bond motifs is 1. The minimum atomic E-state index is -0.645. The van der Waals surface area contributed by atoms with Gasteiger partial charge in [0, 0.05) is 6.20 Å². The topological polar surface area (TPSA) is 57.0 Å². The van der Waals surface area contributed by atoms with Crippen LogP contribution in [0, 0.1) is 13.8 Å². The number of aryl methyl sites for hydroxylation is 2. The van der Waals surface area contributed by atoms with Crippen LogP contribution in [0.5, 0.6) is 0 Å². The van der Waals surface area contributed by atoms with E-state index in [9.17, 15) is 9.59 Å². The van der Waals surface area contributed by atoms with E-state index in [1.165, 1.54) is 0 Å². The zero-order valence-electron chi connectivity index (χ0n) is 14.9. The Morgan fingerprint density at radius 1 is 1.21 bits per heavy atom. The molecule has 0 spiro atoms. The summed E-state index contributed by atoms with van der Waals surface area (Å²) < 4.78 is 12.3. The number of hydrogen-bond acceptors (Lipinski definition) is 5. The van der Waals surface area contributed by atoms with E-state index in [1.54, 1.807) is 38.3 Å². The van der Waals surface area contributed by atoms with Gasteiger partial charge in [-0.15, -0.1) is 12.6 Å². The lowest BCUT2D eigenvalue weighted by Gasteiger charge is -2.19. The number of pyridine rings is 1. The third-order valence-corrected chi connectivity index (χ3v) is 3.84. The van der Waals surface area contributed by atoms with Crippen LogP contribution in [0.3, 0.4) is 0 Å². The molecule has 24 heavy (non-hydrogen) atoms. The van der Waals surface area contributed by atoms with Gasteiger partial charge in [-0.2, -0.15) is 0 Å². The molecule has 0 aliphatic rings. The zero-order chi connectivity index (χ0) is 18.2. The van der Waals surface area contributed by atoms with Gasteiger partial charge < -0.3 is 13.9 Å². The van der Waals surface area contributed by atoms with Crippen LogP contribution in [0.4, 0.5) is 0 Å². The molecule has 5 nitrogen and oxygen atoms in total. The average molecular weight is 349 g/mol. The highest BCUT2D eigenvalue weighted by molar-refractivity contribution is 7.80. The van der Waals surface area contributed by atoms with Gasteiger partial charge in [0.15, 0.2) is 0 Å². The van der Waals surface area contributed by atoms with Crippen molar-refractivity contribution in [2.75, 3.05) is 6.61 Å². The third kappa shape index (κ3) is 3.43. The maximum atomic E-state index is 12.7. The molecule has 0 bridgehead atoms. The molecule has 130 valence electrons. The molecular weight excluding hydrogens is 326 g/mol. The van der Waals surface area contributed by atoms with Crippen molar-refractivity contribution in [2.45, 2.75) is 52.0 Å². The van der Waals surface area contributed by atoms with E-state index in [0.717, 1.165) is 11.1 Å². The minimum absolute atomic E-state index is 0.239. The molecule has 0 saturated heterocycles. The molecule has 2 aromatic heterocycles. The summed E-state index contributed by atoms with van der Waals surface area (Å²) >= 11 is 4.45. The van der Waals surface area contributed by atoms with Crippen LogP contribution in [-0.4, -0.2) is 28.5 Å². The monoisotopic (exact) mass is 349 g/mol. The number of ether oxygens (including phenoxy) is 2. The first-order chi connectivity index (χ1) is 11.1. The maximum Gasteiger partial charge on any atom is 0.356 e. The molecule has 0 atom stereocenters. The van der Waals surface area contributed by atoms with E-state index < -0.39 is 17.5 Å². The van der Waals surface area contributed by atoms with Crippen LogP contribution in [0.1, 0.15) is 59.7 Å². The quantitative estimate of drug-likeness (QED) is 0.673. The first-order valence-electron chi connectivity index (χ1n) is 7.81. The molecule has 2 rings (SSSR count). The predicted molar refractivity (Wildman–Crippen MR) is 95.2 cm³/mol. The fraction of sp³-hybridized carbons (Fsp3) is 0.444. The molecular formula is C18H23NO4S. The van der Waals surface area contributed by atoms with E-state index in [2.05, 4.69) is 12.6 Å². The number of rotatable bonds is 3. The van der Waals surface area contributed by atoms with Crippen LogP contribution < -0.4 is 0 Å². The molecule has 0 aliphatic heterocycles. The Balaban J connectivity index is 2.78. The first kappa shape index (κ1) is 18.4. The highest BCUT2D eigenvalue weighted by Crippen LogP contribution is 2.32. The summed E-state index contributed by atoms with van der Waals surface area (Å²) in [5.41, 5.74) is 2.32. The summed E-state index contributed by atoms with van der Waals surface area (Å²) in [5.74, 6) is -1.02. The summed E-state index contributed by atoms with van der Waals surface area (Å²) in [4.78, 5) is 25.3. The number of carbonyl (C=O) groups excluding carboxylic acids is 2. The van der Waals surface area contributed by atoms with Crippen molar-refractivity contribution in [1.29, 1.82) is 0 Å². The predicted octanol–water partition coefficient (Wildman–Crippen LogP) is 3.98. The van der Waals surface area contributed by atoms with Crippen molar-refractivity contribution in [2.24, 2.45) is 0 Å². The second-order valence-electron chi connectivity index (χ2n) is 6.71. The van der Waals surface area contributed by atoms with Crippen molar-refractivity contribution in [3.8, 4) is 0 Å². The van der Waals surface area contributed by atoms with Crippen molar-refractivity contribution in [1.82, 2.24) is 4.40 Å². The maximum absolute atomic E-state index is 12.7. The average Bonchev–Trinajstić information content (AvgIpc) is 2.69. The fourth-order valence-electron chi connectivity index (χ4n) is 2.66. The first-order valence-corrected chi connectivity index (χ1v) is 8.26. The van der Waals surface area contributed by atoms with Crippen molar-refractivity contribution < 1.29 is 19.1 Å². The molecule has 0 unspecified atom stereocenters. The number of carbonyl (C=O) groups is 2. The van der Waals surface area contributed by atoms with Crippen molar-refractivity contribution >= 4 is 30.1 Å². The van der Waals surface area contributed by atoms with Gasteiger partial charge in [0.2, 0.25) is 0 Å². The molecule has 0 N–H and O–H groups in total. The normalized spacial score (nSPS) is 11.6. The van der Waals surface area contributed by atoms with Gasteiger partial charge in [-0.1, -0.05) is 6.07 Å². The second kappa shape index (κ2) is 6.51. The van der Waals surface area contributed by atoms with Gasteiger partial charge in [0.1, 0.15) is 11.3 Å². The third-order valence-electron chi connectivity index (χ3n) is 3.40. The van der Waals surface area contributed by atoms with E-state index >= 15 is 0 Å². The molecule has 0 saturated carbocycles. The molecule has 0 aliphatic carbocycles. The summed E-state index contributed by atoms with van der Waals surface area (Å²) in [6.07, 6.45) is 1.79. The van der Waals surface area contributed by atoms with Crippen LogP contribution in [-0.2, 0) is 9.47 Å². The van der Waals surface area contributed by atoms with Gasteiger partial charge >= 0.3 is 11.9 Å². The van der Waals surface area contributed by atoms with Crippen molar-refractivity contribution in [3.05, 3.63) is 34.6 Å². The van der Waals surface area contributed by atoms with Crippen molar-refractivity contribution in [3.63, 3.8) is 0 Å². The van der Waals surface area contributed by atoms with Crippen LogP contribution in [0.2, 0.25) is 0 Å². The molecule has 0 aromatic carbocycles. The molecule has 2 aromatic rings. The SMILES string of the molecule is CCOC(=O)c1c(S)c(C(=O)OC(C)(C)C)c2c(C)cc(C)cn12. The Morgan fingerprint density at radius 3 is 2.38 bits per heavy atom. The molecule has 0 radical (unpaired) electrons. The lowest BCUT2D eigenvalue weighted by atomic mass is 10.1. The second-order valence-corrected chi connectivity index (χ2v) is 7.16. The van der Waals surface area contributed by atoms with E-state index in [1.807, 2.05) is 19.9 Å². The number of hydrogen-bond donors (Lipinski definition) is 1. The Kier molecular flexibility index (Phi) is 4.99. The van der Waals surface area contributed by atoms with E-state index in [-0.39, 0.29) is 22.8 Å². The minimum Gasteiger partial charge on any atom is -0.461 e. The van der Waals surface area contributed by atoms with Gasteiger partial charge in [-0.3, -0.25) is 0 Å². The summed E-state index contributed by atoms with van der Waals surface area (Å²) in [6.45, 7) is 11.2. The molecule has 0 fully saturated rings. The van der Waals surface area contributed by atoms with Crippen LogP contribution in [0.25, 0.3) is 5.52 Å². The Bertz CT molecular complexity index is 815. The number of esters is 2. The van der Waals surface area contributed by atoms with Crippen LogP contribution >= 0.6 is 12.6 Å². The highest BCUT2D eigenvalue weighted by Gasteiger charge is 2.30. The van der Waals surface area contributed by atoms with E-state index in [0.29, 0.717) is 5.52 Å². The molecule has 6 heteroatoms. The van der Waals surface area contributed by atoms with Gasteiger partial charge in [0.25, 0.3) is 0 Å². The summed E-state index contributed by atoms with van der Waals surface area (Å²) in [7, 11) is 0. The Hall–Kier alpha value is -1.95. The highest BCUT2D eigenvalue weighted by atomic mass is 32.1. The van der Waals surface area contributed by atoms with E-state index in [4.69, 9.17) is 9.47 Å².